The largest absolute Gasteiger partial charge is 0.325 e. The molecule has 2 N–H and O–H groups in total. The fourth-order valence-electron chi connectivity index (χ4n) is 3.27. The maximum atomic E-state index is 13.5. The molecule has 0 radical (unpaired) electrons. The van der Waals surface area contributed by atoms with Crippen LogP contribution in [0.3, 0.4) is 0 Å². The quantitative estimate of drug-likeness (QED) is 0.735. The van der Waals surface area contributed by atoms with Crippen LogP contribution in [0, 0.1) is 17.0 Å². The number of hydrogen-bond donors (Lipinski definition) is 2. The molecule has 0 saturated carbocycles. The molecule has 2 heterocycles. The number of benzene rings is 2. The molecule has 0 aromatic heterocycles. The van der Waals surface area contributed by atoms with Gasteiger partial charge in [0.25, 0.3) is 0 Å². The molecule has 0 saturated heterocycles. The number of carbonyl (C=O) groups excluding carboxylic acids is 2. The first-order valence-electron chi connectivity index (χ1n) is 7.18. The highest BCUT2D eigenvalue weighted by atomic mass is 19.1. The Bertz CT molecular complexity index is 866. The van der Waals surface area contributed by atoms with E-state index in [4.69, 9.17) is 0 Å². The lowest BCUT2D eigenvalue weighted by atomic mass is 9.70. The van der Waals surface area contributed by atoms with Gasteiger partial charge in [0.15, 0.2) is 0 Å². The zero-order valence-electron chi connectivity index (χ0n) is 12.0. The summed E-state index contributed by atoms with van der Waals surface area (Å²) in [6, 6.07) is 8.15. The summed E-state index contributed by atoms with van der Waals surface area (Å²) < 4.78 is 26.8. The van der Waals surface area contributed by atoms with Gasteiger partial charge >= 0.3 is 0 Å². The van der Waals surface area contributed by atoms with Crippen LogP contribution in [0.25, 0.3) is 0 Å². The number of nitrogens with one attached hydrogen (secondary N) is 2. The van der Waals surface area contributed by atoms with Crippen LogP contribution in [0.2, 0.25) is 0 Å². The molecular weight excluding hydrogens is 302 g/mol. The van der Waals surface area contributed by atoms with E-state index in [9.17, 15) is 18.4 Å². The van der Waals surface area contributed by atoms with Crippen LogP contribution < -0.4 is 10.6 Å². The van der Waals surface area contributed by atoms with Gasteiger partial charge in [0.2, 0.25) is 11.8 Å². The van der Waals surface area contributed by atoms with Crippen LogP contribution in [0.5, 0.6) is 0 Å². The second kappa shape index (κ2) is 4.62. The summed E-state index contributed by atoms with van der Waals surface area (Å²) in [6.45, 7) is 0. The minimum absolute atomic E-state index is 0.106. The molecule has 23 heavy (non-hydrogen) atoms. The molecule has 0 bridgehead atoms. The van der Waals surface area contributed by atoms with E-state index in [0.29, 0.717) is 22.5 Å². The third kappa shape index (κ3) is 2.02. The third-order valence-corrected chi connectivity index (χ3v) is 4.49. The van der Waals surface area contributed by atoms with E-state index in [-0.39, 0.29) is 12.8 Å². The van der Waals surface area contributed by atoms with Crippen molar-refractivity contribution in [3.63, 3.8) is 0 Å². The molecule has 0 fully saturated rings. The van der Waals surface area contributed by atoms with Gasteiger partial charge in [-0.05, 0) is 54.3 Å². The topological polar surface area (TPSA) is 58.2 Å². The highest BCUT2D eigenvalue weighted by Crippen LogP contribution is 2.42. The van der Waals surface area contributed by atoms with Crippen LogP contribution in [-0.4, -0.2) is 11.8 Å². The molecule has 1 unspecified atom stereocenters. The maximum Gasteiger partial charge on any atom is 0.240 e. The smallest absolute Gasteiger partial charge is 0.240 e. The SMILES string of the molecule is O=C1Nc2ccc(F)cc2CC12Cc1ccc(F)cc1NC2=O. The summed E-state index contributed by atoms with van der Waals surface area (Å²) >= 11 is 0. The van der Waals surface area contributed by atoms with Gasteiger partial charge in [0.05, 0.1) is 0 Å². The molecule has 2 aliphatic rings. The monoisotopic (exact) mass is 314 g/mol. The first-order valence-corrected chi connectivity index (χ1v) is 7.18. The van der Waals surface area contributed by atoms with E-state index in [1.165, 1.54) is 30.3 Å². The summed E-state index contributed by atoms with van der Waals surface area (Å²) in [7, 11) is 0. The van der Waals surface area contributed by atoms with Gasteiger partial charge in [-0.3, -0.25) is 9.59 Å². The van der Waals surface area contributed by atoms with Gasteiger partial charge < -0.3 is 10.6 Å². The van der Waals surface area contributed by atoms with Gasteiger partial charge in [-0.25, -0.2) is 8.78 Å². The maximum absolute atomic E-state index is 13.5. The zero-order chi connectivity index (χ0) is 16.2. The van der Waals surface area contributed by atoms with Gasteiger partial charge in [-0.2, -0.15) is 0 Å². The number of anilines is 2. The average molecular weight is 314 g/mol. The lowest BCUT2D eigenvalue weighted by Gasteiger charge is -2.39. The molecule has 2 aromatic carbocycles. The number of carbonyl (C=O) groups is 2. The van der Waals surface area contributed by atoms with Gasteiger partial charge in [-0.1, -0.05) is 6.07 Å². The number of rotatable bonds is 0. The van der Waals surface area contributed by atoms with Crippen LogP contribution >= 0.6 is 0 Å². The van der Waals surface area contributed by atoms with Crippen molar-refractivity contribution in [2.45, 2.75) is 12.8 Å². The minimum atomic E-state index is -1.34. The number of hydrogen-bond acceptors (Lipinski definition) is 2. The molecular formula is C17H12F2N2O2. The van der Waals surface area contributed by atoms with Crippen molar-refractivity contribution < 1.29 is 18.4 Å². The third-order valence-electron chi connectivity index (χ3n) is 4.49. The lowest BCUT2D eigenvalue weighted by Crippen LogP contribution is -2.53. The summed E-state index contributed by atoms with van der Waals surface area (Å²) in [5, 5.41) is 5.28. The molecule has 1 spiro atoms. The van der Waals surface area contributed by atoms with Crippen molar-refractivity contribution >= 4 is 23.2 Å². The Labute approximate surface area is 130 Å². The van der Waals surface area contributed by atoms with Crippen molar-refractivity contribution in [1.82, 2.24) is 0 Å². The highest BCUT2D eigenvalue weighted by molar-refractivity contribution is 6.17. The predicted molar refractivity (Wildman–Crippen MR) is 79.9 cm³/mol. The second-order valence-electron chi connectivity index (χ2n) is 5.95. The first kappa shape index (κ1) is 13.9. The zero-order valence-corrected chi connectivity index (χ0v) is 12.0. The molecule has 4 rings (SSSR count). The molecule has 2 aliphatic heterocycles. The van der Waals surface area contributed by atoms with Gasteiger partial charge in [0.1, 0.15) is 17.0 Å². The molecule has 2 amide bonds. The normalized spacial score (nSPS) is 22.2. The number of halogens is 2. The summed E-state index contributed by atoms with van der Waals surface area (Å²) in [6.07, 6.45) is 0.255. The Balaban J connectivity index is 1.80. The summed E-state index contributed by atoms with van der Waals surface area (Å²) in [4.78, 5) is 25.1. The van der Waals surface area contributed by atoms with Crippen molar-refractivity contribution in [3.8, 4) is 0 Å². The van der Waals surface area contributed by atoms with E-state index in [2.05, 4.69) is 10.6 Å². The Morgan fingerprint density at radius 3 is 2.17 bits per heavy atom. The van der Waals surface area contributed by atoms with E-state index in [0.717, 1.165) is 0 Å². The van der Waals surface area contributed by atoms with Crippen molar-refractivity contribution in [2.24, 2.45) is 5.41 Å². The molecule has 4 nitrogen and oxygen atoms in total. The van der Waals surface area contributed by atoms with Gasteiger partial charge in [-0.15, -0.1) is 0 Å². The van der Waals surface area contributed by atoms with E-state index in [1.807, 2.05) is 0 Å². The second-order valence-corrected chi connectivity index (χ2v) is 5.95. The molecule has 116 valence electrons. The fourth-order valence-corrected chi connectivity index (χ4v) is 3.27. The van der Waals surface area contributed by atoms with Crippen LogP contribution in [0.1, 0.15) is 11.1 Å². The molecule has 1 atom stereocenters. The Kier molecular flexibility index (Phi) is 2.78. The Morgan fingerprint density at radius 1 is 0.783 bits per heavy atom. The number of amides is 2. The highest BCUT2D eigenvalue weighted by Gasteiger charge is 2.51. The van der Waals surface area contributed by atoms with Crippen LogP contribution in [-0.2, 0) is 22.4 Å². The van der Waals surface area contributed by atoms with E-state index in [1.54, 1.807) is 6.07 Å². The fraction of sp³-hybridized carbons (Fsp3) is 0.176. The van der Waals surface area contributed by atoms with Gasteiger partial charge in [0, 0.05) is 11.4 Å². The van der Waals surface area contributed by atoms with Crippen molar-refractivity contribution in [3.05, 3.63) is 59.2 Å². The standard InChI is InChI=1S/C17H12F2N2O2/c18-11-3-4-13-10(5-11)8-17(15(22)20-13)7-9-1-2-12(19)6-14(9)21-16(17)23/h1-6H,7-8H2,(H,20,22)(H,21,23). The molecule has 6 heteroatoms. The van der Waals surface area contributed by atoms with Crippen molar-refractivity contribution in [1.29, 1.82) is 0 Å². The molecule has 2 aromatic rings. The predicted octanol–water partition coefficient (Wildman–Crippen LogP) is 2.64. The van der Waals surface area contributed by atoms with Crippen LogP contribution in [0.15, 0.2) is 36.4 Å². The first-order chi connectivity index (χ1) is 11.0. The average Bonchev–Trinajstić information content (AvgIpc) is 2.50. The molecule has 0 aliphatic carbocycles. The Hall–Kier alpha value is -2.76. The summed E-state index contributed by atoms with van der Waals surface area (Å²) in [5.41, 5.74) is 0.801. The number of fused-ring (bicyclic) bond motifs is 2. The Morgan fingerprint density at radius 2 is 1.39 bits per heavy atom. The van der Waals surface area contributed by atoms with E-state index >= 15 is 0 Å². The summed E-state index contributed by atoms with van der Waals surface area (Å²) in [5.74, 6) is -1.80. The van der Waals surface area contributed by atoms with Crippen molar-refractivity contribution in [2.75, 3.05) is 10.6 Å². The van der Waals surface area contributed by atoms with E-state index < -0.39 is 28.9 Å². The minimum Gasteiger partial charge on any atom is -0.325 e. The lowest BCUT2D eigenvalue weighted by molar-refractivity contribution is -0.138. The van der Waals surface area contributed by atoms with Crippen LogP contribution in [0.4, 0.5) is 20.2 Å².